The smallest absolute Gasteiger partial charge is 0.330 e. The molecular weight excluding hydrogens is 869 g/mol. The highest BCUT2D eigenvalue weighted by atomic mass is 16.5. The summed E-state index contributed by atoms with van der Waals surface area (Å²) in [6.07, 6.45) is 24.3. The molecule has 2 saturated carbocycles. The van der Waals surface area contributed by atoms with Crippen LogP contribution in [0.1, 0.15) is 132 Å². The van der Waals surface area contributed by atoms with Gasteiger partial charge in [-0.2, -0.15) is 0 Å². The summed E-state index contributed by atoms with van der Waals surface area (Å²) in [6, 6.07) is 24.9. The van der Waals surface area contributed by atoms with Gasteiger partial charge in [-0.05, 0) is 158 Å². The summed E-state index contributed by atoms with van der Waals surface area (Å²) in [5, 5.41) is 0. The molecule has 8 N–H and O–H groups in total. The number of carbonyl (C=O) groups excluding carboxylic acids is 4. The molecule has 0 spiro atoms. The van der Waals surface area contributed by atoms with Gasteiger partial charge in [-0.15, -0.1) is 0 Å². The molecule has 2 fully saturated rings. The molecule has 12 heteroatoms. The first kappa shape index (κ1) is 53.4. The fourth-order valence-electron chi connectivity index (χ4n) is 8.99. The Kier molecular flexibility index (Phi) is 22.2. The number of nitrogen functional groups attached to an aromatic ring is 4. The van der Waals surface area contributed by atoms with E-state index in [0.717, 1.165) is 85.5 Å². The molecule has 0 aromatic heterocycles. The number of rotatable bonds is 21. The molecule has 4 aromatic carbocycles. The van der Waals surface area contributed by atoms with Crippen LogP contribution in [-0.4, -0.2) is 37.1 Å². The van der Waals surface area contributed by atoms with Gasteiger partial charge in [0.15, 0.2) is 0 Å². The number of carbonyl (C=O) groups is 4. The lowest BCUT2D eigenvalue weighted by Crippen LogP contribution is -2.25. The monoisotopic (exact) mass is 943 g/mol. The third-order valence-electron chi connectivity index (χ3n) is 12.9. The van der Waals surface area contributed by atoms with Crippen molar-refractivity contribution in [2.75, 3.05) is 36.1 Å². The normalized spacial score (nSPS) is 17.9. The van der Waals surface area contributed by atoms with Crippen molar-refractivity contribution in [1.29, 1.82) is 0 Å². The van der Waals surface area contributed by atoms with E-state index in [1.165, 1.54) is 57.1 Å². The van der Waals surface area contributed by atoms with Gasteiger partial charge in [0.05, 0.1) is 25.0 Å². The zero-order valence-electron chi connectivity index (χ0n) is 40.7. The van der Waals surface area contributed by atoms with Gasteiger partial charge in [0, 0.05) is 47.7 Å². The molecule has 0 aliphatic heterocycles. The van der Waals surface area contributed by atoms with Gasteiger partial charge >= 0.3 is 23.9 Å². The third kappa shape index (κ3) is 19.9. The Hall–Kier alpha value is -6.56. The van der Waals surface area contributed by atoms with E-state index >= 15 is 0 Å². The molecule has 2 aliphatic carbocycles. The lowest BCUT2D eigenvalue weighted by molar-refractivity contribution is -0.141. The van der Waals surface area contributed by atoms with Crippen molar-refractivity contribution in [3.8, 4) is 11.5 Å². The summed E-state index contributed by atoms with van der Waals surface area (Å²) < 4.78 is 21.7. The lowest BCUT2D eigenvalue weighted by atomic mass is 9.80. The Morgan fingerprint density at radius 3 is 1.22 bits per heavy atom. The molecule has 69 heavy (non-hydrogen) atoms. The van der Waals surface area contributed by atoms with Gasteiger partial charge in [-0.3, -0.25) is 9.59 Å². The average Bonchev–Trinajstić information content (AvgIpc) is 3.33. The van der Waals surface area contributed by atoms with Crippen LogP contribution in [0.15, 0.2) is 97.1 Å². The van der Waals surface area contributed by atoms with E-state index in [2.05, 4.69) is 13.8 Å². The van der Waals surface area contributed by atoms with Crippen LogP contribution in [-0.2, 0) is 41.5 Å². The van der Waals surface area contributed by atoms with Crippen molar-refractivity contribution in [3.63, 3.8) is 0 Å². The van der Waals surface area contributed by atoms with Crippen molar-refractivity contribution in [2.45, 2.75) is 123 Å². The molecule has 0 heterocycles. The minimum absolute atomic E-state index is 0.00372. The standard InChI is InChI=1S/C29H38N2O4.C28H36N2O4/c1-2-3-4-5-21-6-11-24(12-7-21)29(33)35-27-13-8-22(9-14-27)10-15-28(32)34-17-16-23-18-25(30)20-26(31)19-23;1-2-3-4-20-5-10-23(11-6-20)28(32)34-26-12-7-21(8-13-26)9-14-27(31)33-16-15-22-17-24(29)19-25(30)18-22/h8-10,13-15,18-21,24H,2-7,11-12,16-17,30-31H2,1H3;7-9,12-14,17-20,23H,2-6,10-11,15-16,29-30H2,1H3/b15-10+;14-9+. The van der Waals surface area contributed by atoms with Gasteiger partial charge in [0.2, 0.25) is 0 Å². The molecule has 0 bridgehead atoms. The molecule has 0 saturated heterocycles. The molecule has 0 atom stereocenters. The number of hydrogen-bond acceptors (Lipinski definition) is 12. The number of unbranched alkanes of at least 4 members (excludes halogenated alkanes) is 3. The minimum atomic E-state index is -0.429. The Morgan fingerprint density at radius 2 is 0.855 bits per heavy atom. The van der Waals surface area contributed by atoms with E-state index in [4.69, 9.17) is 41.9 Å². The van der Waals surface area contributed by atoms with Crippen LogP contribution < -0.4 is 32.4 Å². The van der Waals surface area contributed by atoms with E-state index in [0.29, 0.717) is 47.1 Å². The Labute approximate surface area is 409 Å². The third-order valence-corrected chi connectivity index (χ3v) is 12.9. The highest BCUT2D eigenvalue weighted by Gasteiger charge is 2.28. The summed E-state index contributed by atoms with van der Waals surface area (Å²) in [5.41, 5.74) is 28.9. The van der Waals surface area contributed by atoms with E-state index in [1.807, 2.05) is 48.5 Å². The zero-order valence-corrected chi connectivity index (χ0v) is 40.7. The van der Waals surface area contributed by atoms with Gasteiger partial charge in [0.1, 0.15) is 11.5 Å². The van der Waals surface area contributed by atoms with E-state index < -0.39 is 11.9 Å². The van der Waals surface area contributed by atoms with E-state index in [-0.39, 0.29) is 37.0 Å². The van der Waals surface area contributed by atoms with Gasteiger partial charge in [-0.1, -0.05) is 83.1 Å². The van der Waals surface area contributed by atoms with Crippen LogP contribution in [0.3, 0.4) is 0 Å². The van der Waals surface area contributed by atoms with Crippen molar-refractivity contribution < 1.29 is 38.1 Å². The van der Waals surface area contributed by atoms with Crippen LogP contribution in [0.25, 0.3) is 12.2 Å². The van der Waals surface area contributed by atoms with Crippen LogP contribution >= 0.6 is 0 Å². The molecule has 0 amide bonds. The highest BCUT2D eigenvalue weighted by molar-refractivity contribution is 5.87. The molecule has 4 aromatic rings. The number of esters is 4. The largest absolute Gasteiger partial charge is 0.462 e. The average molecular weight is 943 g/mol. The molecular formula is C57H74N4O8. The fraction of sp³-hybridized carbons (Fsp3) is 0.439. The molecule has 6 rings (SSSR count). The van der Waals surface area contributed by atoms with Gasteiger partial charge in [-0.25, -0.2) is 9.59 Å². The van der Waals surface area contributed by atoms with Gasteiger partial charge in [0.25, 0.3) is 0 Å². The molecule has 2 aliphatic rings. The van der Waals surface area contributed by atoms with Crippen molar-refractivity contribution in [3.05, 3.63) is 119 Å². The first-order valence-electron chi connectivity index (χ1n) is 25.0. The molecule has 12 nitrogen and oxygen atoms in total. The zero-order chi connectivity index (χ0) is 49.4. The van der Waals surface area contributed by atoms with Crippen LogP contribution in [0.5, 0.6) is 11.5 Å². The summed E-state index contributed by atoms with van der Waals surface area (Å²) in [4.78, 5) is 49.1. The Bertz CT molecular complexity index is 2250. The first-order valence-corrected chi connectivity index (χ1v) is 25.0. The van der Waals surface area contributed by atoms with Crippen LogP contribution in [0.4, 0.5) is 22.7 Å². The molecule has 0 unspecified atom stereocenters. The predicted octanol–water partition coefficient (Wildman–Crippen LogP) is 11.5. The maximum atomic E-state index is 12.6. The second-order valence-corrected chi connectivity index (χ2v) is 18.6. The highest BCUT2D eigenvalue weighted by Crippen LogP contribution is 2.34. The number of hydrogen-bond donors (Lipinski definition) is 4. The molecule has 0 radical (unpaired) electrons. The summed E-state index contributed by atoms with van der Waals surface area (Å²) in [6.45, 7) is 4.92. The summed E-state index contributed by atoms with van der Waals surface area (Å²) in [5.74, 6) is 1.45. The van der Waals surface area contributed by atoms with Crippen molar-refractivity contribution >= 4 is 58.8 Å². The first-order chi connectivity index (χ1) is 33.3. The number of anilines is 4. The Morgan fingerprint density at radius 1 is 0.493 bits per heavy atom. The van der Waals surface area contributed by atoms with Crippen LogP contribution in [0.2, 0.25) is 0 Å². The van der Waals surface area contributed by atoms with Crippen molar-refractivity contribution in [1.82, 2.24) is 0 Å². The van der Waals surface area contributed by atoms with Crippen molar-refractivity contribution in [2.24, 2.45) is 23.7 Å². The van der Waals surface area contributed by atoms with Crippen LogP contribution in [0, 0.1) is 23.7 Å². The minimum Gasteiger partial charge on any atom is -0.462 e. The maximum Gasteiger partial charge on any atom is 0.330 e. The Balaban J connectivity index is 0.000000258. The summed E-state index contributed by atoms with van der Waals surface area (Å²) in [7, 11) is 0. The van der Waals surface area contributed by atoms with E-state index in [9.17, 15) is 19.2 Å². The topological polar surface area (TPSA) is 209 Å². The quantitative estimate of drug-likeness (QED) is 0.0202. The lowest BCUT2D eigenvalue weighted by Gasteiger charge is -2.27. The number of nitrogens with two attached hydrogens (primary N) is 4. The van der Waals surface area contributed by atoms with Gasteiger partial charge < -0.3 is 41.9 Å². The number of ether oxygens (including phenoxy) is 4. The second kappa shape index (κ2) is 28.7. The maximum absolute atomic E-state index is 12.6. The van der Waals surface area contributed by atoms with E-state index in [1.54, 1.807) is 48.6 Å². The SMILES string of the molecule is CCCCC1CCC(C(=O)Oc2ccc(/C=C/C(=O)OCCc3cc(N)cc(N)c3)cc2)CC1.CCCCCC1CCC(C(=O)Oc2ccc(/C=C/C(=O)OCCc3cc(N)cc(N)c3)cc2)CC1. The second-order valence-electron chi connectivity index (χ2n) is 18.6. The fourth-order valence-corrected chi connectivity index (χ4v) is 8.99. The number of benzene rings is 4. The molecule has 370 valence electrons. The summed E-state index contributed by atoms with van der Waals surface area (Å²) >= 11 is 0. The predicted molar refractivity (Wildman–Crippen MR) is 277 cm³/mol.